The highest BCUT2D eigenvalue weighted by molar-refractivity contribution is 7.90. The average Bonchev–Trinajstić information content (AvgIpc) is 3.09. The number of nitrogens with one attached hydrogen (secondary N) is 1. The highest BCUT2D eigenvalue weighted by Gasteiger charge is 2.33. The molecule has 6 nitrogen and oxygen atoms in total. The van der Waals surface area contributed by atoms with Gasteiger partial charge in [-0.15, -0.1) is 0 Å². The van der Waals surface area contributed by atoms with Gasteiger partial charge in [0.1, 0.15) is 11.6 Å². The van der Waals surface area contributed by atoms with Gasteiger partial charge in [0.05, 0.1) is 22.9 Å². The van der Waals surface area contributed by atoms with Gasteiger partial charge in [0.2, 0.25) is 0 Å². The molecule has 27 heavy (non-hydrogen) atoms. The molecule has 0 atom stereocenters. The van der Waals surface area contributed by atoms with Gasteiger partial charge in [0.25, 0.3) is 5.91 Å². The van der Waals surface area contributed by atoms with Gasteiger partial charge in [-0.05, 0) is 43.3 Å². The van der Waals surface area contributed by atoms with Crippen molar-refractivity contribution in [3.05, 3.63) is 76.7 Å². The van der Waals surface area contributed by atoms with E-state index in [1.54, 1.807) is 4.68 Å². The van der Waals surface area contributed by atoms with Crippen molar-refractivity contribution >= 4 is 21.6 Å². The van der Waals surface area contributed by atoms with E-state index in [0.717, 1.165) is 5.56 Å². The number of hydrogen-bond donors (Lipinski definition) is 1. The van der Waals surface area contributed by atoms with Gasteiger partial charge >= 0.3 is 0 Å². The van der Waals surface area contributed by atoms with Crippen molar-refractivity contribution in [1.82, 2.24) is 9.78 Å². The third kappa shape index (κ3) is 3.35. The molecule has 2 aromatic carbocycles. The molecule has 1 aliphatic rings. The maximum Gasteiger partial charge on any atom is 0.256 e. The van der Waals surface area contributed by atoms with Crippen molar-refractivity contribution in [3.8, 4) is 5.69 Å². The molecule has 0 unspecified atom stereocenters. The summed E-state index contributed by atoms with van der Waals surface area (Å²) in [4.78, 5) is 12.6. The second kappa shape index (κ2) is 6.31. The van der Waals surface area contributed by atoms with Crippen LogP contribution in [0.5, 0.6) is 0 Å². The molecule has 0 radical (unpaired) electrons. The number of aromatic nitrogens is 2. The fourth-order valence-corrected chi connectivity index (χ4v) is 4.52. The second-order valence-electron chi connectivity index (χ2n) is 6.51. The van der Waals surface area contributed by atoms with Gasteiger partial charge in [0.15, 0.2) is 9.84 Å². The van der Waals surface area contributed by atoms with Gasteiger partial charge in [-0.1, -0.05) is 17.7 Å². The predicted octanol–water partition coefficient (Wildman–Crippen LogP) is 3.00. The van der Waals surface area contributed by atoms with Crippen LogP contribution < -0.4 is 5.32 Å². The van der Waals surface area contributed by atoms with Crippen LogP contribution in [-0.2, 0) is 21.3 Å². The molecule has 0 aliphatic carbocycles. The van der Waals surface area contributed by atoms with Crippen LogP contribution in [0.15, 0.2) is 48.5 Å². The molecule has 1 aliphatic heterocycles. The van der Waals surface area contributed by atoms with Crippen molar-refractivity contribution < 1.29 is 17.6 Å². The standard InChI is InChI=1S/C19H16FN3O3S/c1-12-2-8-15(9-3-12)23-18(16-10-27(25,26)11-17(16)22-23)21-19(24)13-4-6-14(20)7-5-13/h2-9H,10-11H2,1H3,(H,21,24). The summed E-state index contributed by atoms with van der Waals surface area (Å²) < 4.78 is 38.6. The Balaban J connectivity index is 1.77. The van der Waals surface area contributed by atoms with Crippen LogP contribution in [0.25, 0.3) is 5.69 Å². The number of carbonyl (C=O) groups is 1. The molecule has 8 heteroatoms. The van der Waals surface area contributed by atoms with Gasteiger partial charge in [-0.3, -0.25) is 4.79 Å². The Hall–Kier alpha value is -3.00. The number of fused-ring (bicyclic) bond motifs is 1. The number of anilines is 1. The first-order chi connectivity index (χ1) is 12.8. The minimum absolute atomic E-state index is 0.152. The summed E-state index contributed by atoms with van der Waals surface area (Å²) in [6.45, 7) is 1.96. The van der Waals surface area contributed by atoms with E-state index in [1.807, 2.05) is 31.2 Å². The molecule has 2 heterocycles. The number of sulfone groups is 1. The van der Waals surface area contributed by atoms with E-state index >= 15 is 0 Å². The minimum atomic E-state index is -3.27. The fourth-order valence-electron chi connectivity index (χ4n) is 3.02. The lowest BCUT2D eigenvalue weighted by atomic mass is 10.2. The van der Waals surface area contributed by atoms with Crippen LogP contribution >= 0.6 is 0 Å². The van der Waals surface area contributed by atoms with Crippen LogP contribution in [0.2, 0.25) is 0 Å². The zero-order valence-electron chi connectivity index (χ0n) is 14.4. The Morgan fingerprint density at radius 1 is 1.07 bits per heavy atom. The van der Waals surface area contributed by atoms with E-state index in [0.29, 0.717) is 22.8 Å². The lowest BCUT2D eigenvalue weighted by Crippen LogP contribution is -2.17. The topological polar surface area (TPSA) is 81.1 Å². The Morgan fingerprint density at radius 3 is 2.41 bits per heavy atom. The highest BCUT2D eigenvalue weighted by atomic mass is 32.2. The van der Waals surface area contributed by atoms with Gasteiger partial charge < -0.3 is 5.32 Å². The number of hydrogen-bond acceptors (Lipinski definition) is 4. The fraction of sp³-hybridized carbons (Fsp3) is 0.158. The molecule has 1 amide bonds. The van der Waals surface area contributed by atoms with Crippen LogP contribution in [0.3, 0.4) is 0 Å². The number of nitrogens with zero attached hydrogens (tertiary/aromatic N) is 2. The number of halogens is 1. The first kappa shape index (κ1) is 17.4. The molecule has 0 saturated heterocycles. The monoisotopic (exact) mass is 385 g/mol. The van der Waals surface area contributed by atoms with Crippen LogP contribution in [0, 0.1) is 12.7 Å². The number of carbonyl (C=O) groups excluding carboxylic acids is 1. The SMILES string of the molecule is Cc1ccc(-n2nc3c(c2NC(=O)c2ccc(F)cc2)CS(=O)(=O)C3)cc1. The largest absolute Gasteiger partial charge is 0.306 e. The lowest BCUT2D eigenvalue weighted by molar-refractivity contribution is 0.102. The van der Waals surface area contributed by atoms with Gasteiger partial charge in [-0.2, -0.15) is 5.10 Å². The van der Waals surface area contributed by atoms with E-state index in [4.69, 9.17) is 0 Å². The molecule has 4 rings (SSSR count). The van der Waals surface area contributed by atoms with Crippen LogP contribution in [0.1, 0.15) is 27.2 Å². The van der Waals surface area contributed by atoms with Crippen molar-refractivity contribution in [1.29, 1.82) is 0 Å². The predicted molar refractivity (Wildman–Crippen MR) is 99.0 cm³/mol. The smallest absolute Gasteiger partial charge is 0.256 e. The molecule has 0 saturated carbocycles. The lowest BCUT2D eigenvalue weighted by Gasteiger charge is -2.11. The quantitative estimate of drug-likeness (QED) is 0.752. The Labute approximate surface area is 155 Å². The number of rotatable bonds is 3. The number of amides is 1. The normalized spacial score (nSPS) is 14.7. The molecule has 1 aromatic heterocycles. The van der Waals surface area contributed by atoms with E-state index in [-0.39, 0.29) is 17.1 Å². The van der Waals surface area contributed by atoms with Crippen LogP contribution in [0.4, 0.5) is 10.2 Å². The zero-order valence-corrected chi connectivity index (χ0v) is 15.3. The Bertz CT molecular complexity index is 1130. The molecule has 0 bridgehead atoms. The summed E-state index contributed by atoms with van der Waals surface area (Å²) in [5, 5.41) is 7.16. The van der Waals surface area contributed by atoms with Crippen LogP contribution in [-0.4, -0.2) is 24.1 Å². The maximum atomic E-state index is 13.1. The summed E-state index contributed by atoms with van der Waals surface area (Å²) in [7, 11) is -3.27. The molecule has 0 fully saturated rings. The van der Waals surface area contributed by atoms with Crippen molar-refractivity contribution in [3.63, 3.8) is 0 Å². The van der Waals surface area contributed by atoms with E-state index < -0.39 is 21.6 Å². The number of benzene rings is 2. The molecular formula is C19H16FN3O3S. The summed E-state index contributed by atoms with van der Waals surface area (Å²) >= 11 is 0. The first-order valence-corrected chi connectivity index (χ1v) is 10.1. The molecule has 3 aromatic rings. The second-order valence-corrected chi connectivity index (χ2v) is 8.58. The van der Waals surface area contributed by atoms with E-state index in [2.05, 4.69) is 10.4 Å². The highest BCUT2D eigenvalue weighted by Crippen LogP contribution is 2.33. The maximum absolute atomic E-state index is 13.1. The van der Waals surface area contributed by atoms with Crippen molar-refractivity contribution in [2.24, 2.45) is 0 Å². The van der Waals surface area contributed by atoms with Gasteiger partial charge in [0, 0.05) is 11.1 Å². The Kier molecular flexibility index (Phi) is 4.07. The minimum Gasteiger partial charge on any atom is -0.306 e. The molecule has 0 spiro atoms. The summed E-state index contributed by atoms with van der Waals surface area (Å²) in [6, 6.07) is 12.6. The molecule has 1 N–H and O–H groups in total. The van der Waals surface area contributed by atoms with Crippen molar-refractivity contribution in [2.75, 3.05) is 5.32 Å². The summed E-state index contributed by atoms with van der Waals surface area (Å²) in [6.07, 6.45) is 0. The van der Waals surface area contributed by atoms with E-state index in [9.17, 15) is 17.6 Å². The van der Waals surface area contributed by atoms with Crippen molar-refractivity contribution in [2.45, 2.75) is 18.4 Å². The third-order valence-corrected chi connectivity index (χ3v) is 5.85. The third-order valence-electron chi connectivity index (χ3n) is 4.40. The summed E-state index contributed by atoms with van der Waals surface area (Å²) in [5.74, 6) is -0.906. The summed E-state index contributed by atoms with van der Waals surface area (Å²) in [5.41, 5.74) is 2.97. The van der Waals surface area contributed by atoms with Gasteiger partial charge in [-0.25, -0.2) is 17.5 Å². The van der Waals surface area contributed by atoms with E-state index in [1.165, 1.54) is 24.3 Å². The molecule has 138 valence electrons. The molecular weight excluding hydrogens is 369 g/mol. The number of aryl methyl sites for hydroxylation is 1. The average molecular weight is 385 g/mol. The Morgan fingerprint density at radius 2 is 1.74 bits per heavy atom. The first-order valence-electron chi connectivity index (χ1n) is 8.27. The zero-order chi connectivity index (χ0) is 19.2.